The van der Waals surface area contributed by atoms with Gasteiger partial charge in [-0.15, -0.1) is 0 Å². The summed E-state index contributed by atoms with van der Waals surface area (Å²) in [7, 11) is 1.86. The Balaban J connectivity index is 2.47. The molecule has 0 heterocycles. The maximum Gasteiger partial charge on any atom is 0.0599 e. The Hall–Kier alpha value is -0.0400. The topological polar surface area (TPSA) is 9.23 Å². The molecule has 0 aliphatic heterocycles. The number of hydrogen-bond acceptors (Lipinski definition) is 1. The molecule has 1 rings (SSSR count). The zero-order chi connectivity index (χ0) is 8.97. The van der Waals surface area contributed by atoms with Crippen LogP contribution in [0.3, 0.4) is 0 Å². The number of methoxy groups -OCH3 is 1. The molecule has 0 bridgehead atoms. The maximum atomic E-state index is 5.52. The average molecular weight is 170 g/mol. The van der Waals surface area contributed by atoms with E-state index in [9.17, 15) is 0 Å². The van der Waals surface area contributed by atoms with Gasteiger partial charge in [0.15, 0.2) is 0 Å². The van der Waals surface area contributed by atoms with E-state index in [4.69, 9.17) is 4.74 Å². The molecule has 72 valence electrons. The van der Waals surface area contributed by atoms with E-state index in [1.807, 2.05) is 7.11 Å². The van der Waals surface area contributed by atoms with Crippen LogP contribution in [-0.2, 0) is 4.74 Å². The lowest BCUT2D eigenvalue weighted by molar-refractivity contribution is 0.0451. The molecule has 0 radical (unpaired) electrons. The SMILES string of the molecule is CCC1CCC(C)CCC1OC. The molecule has 0 N–H and O–H groups in total. The van der Waals surface area contributed by atoms with E-state index in [2.05, 4.69) is 13.8 Å². The Bertz CT molecular complexity index is 108. The largest absolute Gasteiger partial charge is 0.381 e. The zero-order valence-corrected chi connectivity index (χ0v) is 8.68. The van der Waals surface area contributed by atoms with E-state index in [0.29, 0.717) is 6.10 Å². The third-order valence-electron chi connectivity index (χ3n) is 3.33. The smallest absolute Gasteiger partial charge is 0.0599 e. The predicted molar refractivity (Wildman–Crippen MR) is 52.2 cm³/mol. The molecule has 3 atom stereocenters. The summed E-state index contributed by atoms with van der Waals surface area (Å²) >= 11 is 0. The molecule has 0 aromatic heterocycles. The fourth-order valence-electron chi connectivity index (χ4n) is 2.29. The fourth-order valence-corrected chi connectivity index (χ4v) is 2.29. The summed E-state index contributed by atoms with van der Waals surface area (Å²) in [4.78, 5) is 0. The molecule has 0 spiro atoms. The van der Waals surface area contributed by atoms with E-state index in [1.165, 1.54) is 32.1 Å². The van der Waals surface area contributed by atoms with Crippen molar-refractivity contribution in [2.24, 2.45) is 11.8 Å². The summed E-state index contributed by atoms with van der Waals surface area (Å²) in [5, 5.41) is 0. The monoisotopic (exact) mass is 170 g/mol. The summed E-state index contributed by atoms with van der Waals surface area (Å²) in [5.74, 6) is 1.74. The summed E-state index contributed by atoms with van der Waals surface area (Å²) in [6.07, 6.45) is 7.23. The van der Waals surface area contributed by atoms with E-state index in [0.717, 1.165) is 11.8 Å². The third-order valence-corrected chi connectivity index (χ3v) is 3.33. The Labute approximate surface area is 76.5 Å². The van der Waals surface area contributed by atoms with Crippen molar-refractivity contribution in [2.75, 3.05) is 7.11 Å². The van der Waals surface area contributed by atoms with Crippen molar-refractivity contribution in [3.05, 3.63) is 0 Å². The Morgan fingerprint density at radius 1 is 1.17 bits per heavy atom. The highest BCUT2D eigenvalue weighted by Crippen LogP contribution is 2.30. The Kier molecular flexibility index (Phi) is 4.07. The van der Waals surface area contributed by atoms with Gasteiger partial charge >= 0.3 is 0 Å². The molecule has 0 amide bonds. The van der Waals surface area contributed by atoms with Crippen molar-refractivity contribution in [3.8, 4) is 0 Å². The van der Waals surface area contributed by atoms with Crippen LogP contribution < -0.4 is 0 Å². The average Bonchev–Trinajstić information content (AvgIpc) is 2.27. The van der Waals surface area contributed by atoms with Crippen LogP contribution in [0.4, 0.5) is 0 Å². The highest BCUT2D eigenvalue weighted by Gasteiger charge is 2.24. The van der Waals surface area contributed by atoms with Crippen molar-refractivity contribution in [1.82, 2.24) is 0 Å². The fraction of sp³-hybridized carbons (Fsp3) is 1.00. The molecule has 0 aromatic carbocycles. The van der Waals surface area contributed by atoms with Crippen molar-refractivity contribution in [2.45, 2.75) is 52.1 Å². The van der Waals surface area contributed by atoms with E-state index >= 15 is 0 Å². The van der Waals surface area contributed by atoms with Gasteiger partial charge in [-0.05, 0) is 31.1 Å². The van der Waals surface area contributed by atoms with Crippen molar-refractivity contribution in [3.63, 3.8) is 0 Å². The molecule has 12 heavy (non-hydrogen) atoms. The van der Waals surface area contributed by atoms with Gasteiger partial charge in [0.2, 0.25) is 0 Å². The molecular formula is C11H22O. The van der Waals surface area contributed by atoms with Gasteiger partial charge in [-0.3, -0.25) is 0 Å². The Morgan fingerprint density at radius 2 is 1.83 bits per heavy atom. The minimum atomic E-state index is 0.542. The maximum absolute atomic E-state index is 5.52. The van der Waals surface area contributed by atoms with Gasteiger partial charge in [0.1, 0.15) is 0 Å². The molecule has 1 aliphatic rings. The van der Waals surface area contributed by atoms with Crippen molar-refractivity contribution < 1.29 is 4.74 Å². The molecular weight excluding hydrogens is 148 g/mol. The second kappa shape index (κ2) is 4.86. The van der Waals surface area contributed by atoms with Crippen molar-refractivity contribution >= 4 is 0 Å². The van der Waals surface area contributed by atoms with Crippen LogP contribution >= 0.6 is 0 Å². The standard InChI is InChI=1S/C11H22O/c1-4-10-7-5-9(2)6-8-11(10)12-3/h9-11H,4-8H2,1-3H3. The lowest BCUT2D eigenvalue weighted by Crippen LogP contribution is -2.20. The second-order valence-corrected chi connectivity index (χ2v) is 4.20. The van der Waals surface area contributed by atoms with Crippen LogP contribution in [0, 0.1) is 11.8 Å². The lowest BCUT2D eigenvalue weighted by Gasteiger charge is -2.21. The summed E-state index contributed by atoms with van der Waals surface area (Å²) in [6, 6.07) is 0. The van der Waals surface area contributed by atoms with Gasteiger partial charge in [0.05, 0.1) is 6.10 Å². The highest BCUT2D eigenvalue weighted by atomic mass is 16.5. The first-order chi connectivity index (χ1) is 5.77. The molecule has 1 nitrogen and oxygen atoms in total. The summed E-state index contributed by atoms with van der Waals surface area (Å²) in [6.45, 7) is 4.65. The summed E-state index contributed by atoms with van der Waals surface area (Å²) in [5.41, 5.74) is 0. The van der Waals surface area contributed by atoms with Crippen LogP contribution in [0.15, 0.2) is 0 Å². The minimum absolute atomic E-state index is 0.542. The van der Waals surface area contributed by atoms with E-state index < -0.39 is 0 Å². The third kappa shape index (κ3) is 2.48. The van der Waals surface area contributed by atoms with Gasteiger partial charge in [-0.25, -0.2) is 0 Å². The van der Waals surface area contributed by atoms with Crippen molar-refractivity contribution in [1.29, 1.82) is 0 Å². The quantitative estimate of drug-likeness (QED) is 0.578. The van der Waals surface area contributed by atoms with E-state index in [1.54, 1.807) is 0 Å². The van der Waals surface area contributed by atoms with Crippen LogP contribution in [0.5, 0.6) is 0 Å². The summed E-state index contributed by atoms with van der Waals surface area (Å²) < 4.78 is 5.52. The lowest BCUT2D eigenvalue weighted by atomic mass is 9.94. The van der Waals surface area contributed by atoms with E-state index in [-0.39, 0.29) is 0 Å². The van der Waals surface area contributed by atoms with Gasteiger partial charge in [-0.1, -0.05) is 26.7 Å². The minimum Gasteiger partial charge on any atom is -0.381 e. The first kappa shape index (κ1) is 10.0. The van der Waals surface area contributed by atoms with Gasteiger partial charge < -0.3 is 4.74 Å². The molecule has 0 saturated heterocycles. The van der Waals surface area contributed by atoms with Crippen LogP contribution in [0.25, 0.3) is 0 Å². The zero-order valence-electron chi connectivity index (χ0n) is 8.68. The molecule has 0 aromatic rings. The highest BCUT2D eigenvalue weighted by molar-refractivity contribution is 4.75. The molecule has 1 fully saturated rings. The first-order valence-electron chi connectivity index (χ1n) is 5.30. The normalized spacial score (nSPS) is 37.8. The van der Waals surface area contributed by atoms with Crippen LogP contribution in [0.2, 0.25) is 0 Å². The molecule has 1 heteroatoms. The number of ether oxygens (including phenoxy) is 1. The molecule has 1 aliphatic carbocycles. The van der Waals surface area contributed by atoms with Gasteiger partial charge in [0, 0.05) is 7.11 Å². The Morgan fingerprint density at radius 3 is 2.42 bits per heavy atom. The number of rotatable bonds is 2. The predicted octanol–water partition coefficient (Wildman–Crippen LogP) is 3.24. The first-order valence-corrected chi connectivity index (χ1v) is 5.30. The van der Waals surface area contributed by atoms with Gasteiger partial charge in [0.25, 0.3) is 0 Å². The second-order valence-electron chi connectivity index (χ2n) is 4.20. The molecule has 1 saturated carbocycles. The van der Waals surface area contributed by atoms with Crippen LogP contribution in [-0.4, -0.2) is 13.2 Å². The van der Waals surface area contributed by atoms with Crippen LogP contribution in [0.1, 0.15) is 46.0 Å². The molecule has 3 unspecified atom stereocenters. The van der Waals surface area contributed by atoms with Gasteiger partial charge in [-0.2, -0.15) is 0 Å². The number of hydrogen-bond donors (Lipinski definition) is 0.